The average Bonchev–Trinajstić information content (AvgIpc) is 2.76. The Bertz CT molecular complexity index is 775. The molecule has 0 spiro atoms. The summed E-state index contributed by atoms with van der Waals surface area (Å²) in [4.78, 5) is 20.0. The lowest BCUT2D eigenvalue weighted by atomic mass is 9.94. The number of amides is 1. The highest BCUT2D eigenvalue weighted by atomic mass is 16.2. The van der Waals surface area contributed by atoms with Gasteiger partial charge in [0.05, 0.1) is 0 Å². The van der Waals surface area contributed by atoms with Crippen molar-refractivity contribution in [3.05, 3.63) is 65.7 Å². The van der Waals surface area contributed by atoms with Gasteiger partial charge in [-0.15, -0.1) is 0 Å². The predicted molar refractivity (Wildman–Crippen MR) is 114 cm³/mol. The molecule has 1 amide bonds. The summed E-state index contributed by atoms with van der Waals surface area (Å²) in [5.74, 6) is 0.583. The summed E-state index contributed by atoms with van der Waals surface area (Å²) >= 11 is 0. The highest BCUT2D eigenvalue weighted by Gasteiger charge is 2.30. The topological polar surface area (TPSA) is 26.8 Å². The van der Waals surface area contributed by atoms with Crippen molar-refractivity contribution in [1.82, 2.24) is 9.80 Å². The van der Waals surface area contributed by atoms with Crippen LogP contribution in [0.2, 0.25) is 0 Å². The second-order valence-corrected chi connectivity index (χ2v) is 8.12. The van der Waals surface area contributed by atoms with Crippen LogP contribution in [0.4, 0.5) is 5.69 Å². The van der Waals surface area contributed by atoms with E-state index in [2.05, 4.69) is 76.2 Å². The van der Waals surface area contributed by atoms with E-state index >= 15 is 0 Å². The first-order valence-electron chi connectivity index (χ1n) is 10.6. The van der Waals surface area contributed by atoms with Crippen LogP contribution in [-0.4, -0.2) is 55.0 Å². The van der Waals surface area contributed by atoms with Crippen LogP contribution < -0.4 is 4.90 Å². The number of para-hydroxylation sites is 1. The van der Waals surface area contributed by atoms with Gasteiger partial charge in [0.2, 0.25) is 5.91 Å². The fourth-order valence-electron chi connectivity index (χ4n) is 4.45. The summed E-state index contributed by atoms with van der Waals surface area (Å²) in [5, 5.41) is 0. The number of nitrogens with zero attached hydrogens (tertiary/aromatic N) is 3. The zero-order chi connectivity index (χ0) is 19.3. The summed E-state index contributed by atoms with van der Waals surface area (Å²) in [6.07, 6.45) is 1.98. The zero-order valence-electron chi connectivity index (χ0n) is 16.9. The Morgan fingerprint density at radius 2 is 1.50 bits per heavy atom. The first-order valence-corrected chi connectivity index (χ1v) is 10.6. The maximum absolute atomic E-state index is 13.0. The number of benzene rings is 2. The minimum absolute atomic E-state index is 0.205. The van der Waals surface area contributed by atoms with Crippen molar-refractivity contribution in [1.29, 1.82) is 0 Å². The molecule has 0 aliphatic carbocycles. The molecule has 0 atom stereocenters. The molecule has 0 saturated carbocycles. The van der Waals surface area contributed by atoms with E-state index in [0.717, 1.165) is 58.7 Å². The number of hydrogen-bond donors (Lipinski definition) is 0. The molecule has 0 bridgehead atoms. The molecule has 4 rings (SSSR count). The molecular weight excluding hydrogens is 346 g/mol. The van der Waals surface area contributed by atoms with Gasteiger partial charge in [-0.05, 0) is 56.1 Å². The molecule has 2 aliphatic rings. The number of hydrogen-bond acceptors (Lipinski definition) is 3. The zero-order valence-corrected chi connectivity index (χ0v) is 16.9. The normalized spacial score (nSPS) is 19.0. The number of rotatable bonds is 4. The maximum atomic E-state index is 13.0. The van der Waals surface area contributed by atoms with E-state index in [1.54, 1.807) is 0 Å². The average molecular weight is 378 g/mol. The van der Waals surface area contributed by atoms with Crippen LogP contribution in [0.5, 0.6) is 0 Å². The molecule has 2 heterocycles. The standard InChI is InChI=1S/C24H31N3O/c1-20-7-5-6-8-22(20)19-25-13-11-21(12-14-25)24(28)27-17-15-26(16-18-27)23-9-3-2-4-10-23/h2-10,21H,11-19H2,1H3. The summed E-state index contributed by atoms with van der Waals surface area (Å²) in [5.41, 5.74) is 4.03. The van der Waals surface area contributed by atoms with Crippen LogP contribution >= 0.6 is 0 Å². The van der Waals surface area contributed by atoms with E-state index in [9.17, 15) is 4.79 Å². The molecule has 28 heavy (non-hydrogen) atoms. The monoisotopic (exact) mass is 377 g/mol. The van der Waals surface area contributed by atoms with Crippen molar-refractivity contribution in [2.45, 2.75) is 26.3 Å². The van der Waals surface area contributed by atoms with Gasteiger partial charge in [0.25, 0.3) is 0 Å². The molecule has 2 aliphatic heterocycles. The third-order valence-electron chi connectivity index (χ3n) is 6.30. The Morgan fingerprint density at radius 3 is 2.18 bits per heavy atom. The molecule has 2 fully saturated rings. The second-order valence-electron chi connectivity index (χ2n) is 8.12. The Kier molecular flexibility index (Phi) is 5.96. The number of carbonyl (C=O) groups is 1. The van der Waals surface area contributed by atoms with E-state index < -0.39 is 0 Å². The molecular formula is C24H31N3O. The number of carbonyl (C=O) groups excluding carboxylic acids is 1. The minimum Gasteiger partial charge on any atom is -0.368 e. The lowest BCUT2D eigenvalue weighted by Gasteiger charge is -2.39. The van der Waals surface area contributed by atoms with Crippen LogP contribution in [0.1, 0.15) is 24.0 Å². The quantitative estimate of drug-likeness (QED) is 0.815. The Morgan fingerprint density at radius 1 is 0.857 bits per heavy atom. The van der Waals surface area contributed by atoms with E-state index in [0.29, 0.717) is 5.91 Å². The summed E-state index contributed by atoms with van der Waals surface area (Å²) in [7, 11) is 0. The highest BCUT2D eigenvalue weighted by Crippen LogP contribution is 2.23. The summed E-state index contributed by atoms with van der Waals surface area (Å²) in [6, 6.07) is 19.1. The van der Waals surface area contributed by atoms with E-state index in [-0.39, 0.29) is 5.92 Å². The van der Waals surface area contributed by atoms with Gasteiger partial charge in [-0.3, -0.25) is 9.69 Å². The highest BCUT2D eigenvalue weighted by molar-refractivity contribution is 5.79. The van der Waals surface area contributed by atoms with Gasteiger partial charge >= 0.3 is 0 Å². The predicted octanol–water partition coefficient (Wildman–Crippen LogP) is 3.56. The van der Waals surface area contributed by atoms with Gasteiger partial charge in [-0.25, -0.2) is 0 Å². The lowest BCUT2D eigenvalue weighted by Crippen LogP contribution is -2.51. The molecule has 0 unspecified atom stereocenters. The first kappa shape index (κ1) is 19.0. The van der Waals surface area contributed by atoms with Crippen LogP contribution in [0.15, 0.2) is 54.6 Å². The van der Waals surface area contributed by atoms with Crippen LogP contribution in [0.3, 0.4) is 0 Å². The lowest BCUT2D eigenvalue weighted by molar-refractivity contribution is -0.137. The van der Waals surface area contributed by atoms with Gasteiger partial charge < -0.3 is 9.80 Å². The molecule has 4 heteroatoms. The van der Waals surface area contributed by atoms with Crippen LogP contribution in [-0.2, 0) is 11.3 Å². The summed E-state index contributed by atoms with van der Waals surface area (Å²) in [6.45, 7) is 8.78. The maximum Gasteiger partial charge on any atom is 0.225 e. The Balaban J connectivity index is 1.25. The molecule has 148 valence electrons. The number of likely N-dealkylation sites (tertiary alicyclic amines) is 1. The number of aryl methyl sites for hydroxylation is 1. The van der Waals surface area contributed by atoms with Gasteiger partial charge in [0.1, 0.15) is 0 Å². The van der Waals surface area contributed by atoms with Crippen molar-refractivity contribution < 1.29 is 4.79 Å². The largest absolute Gasteiger partial charge is 0.368 e. The Labute approximate surface area is 168 Å². The van der Waals surface area contributed by atoms with Crippen molar-refractivity contribution >= 4 is 11.6 Å². The molecule has 4 nitrogen and oxygen atoms in total. The number of piperazine rings is 1. The van der Waals surface area contributed by atoms with Gasteiger partial charge in [-0.1, -0.05) is 42.5 Å². The van der Waals surface area contributed by atoms with E-state index in [1.807, 2.05) is 0 Å². The molecule has 2 aromatic rings. The van der Waals surface area contributed by atoms with Gasteiger partial charge in [-0.2, -0.15) is 0 Å². The third-order valence-corrected chi connectivity index (χ3v) is 6.30. The van der Waals surface area contributed by atoms with Gasteiger partial charge in [0.15, 0.2) is 0 Å². The van der Waals surface area contributed by atoms with Gasteiger partial charge in [0, 0.05) is 44.3 Å². The molecule has 0 radical (unpaired) electrons. The molecule has 0 aromatic heterocycles. The van der Waals surface area contributed by atoms with E-state index in [1.165, 1.54) is 16.8 Å². The number of anilines is 1. The fourth-order valence-corrected chi connectivity index (χ4v) is 4.45. The first-order chi connectivity index (χ1) is 13.7. The van der Waals surface area contributed by atoms with Crippen LogP contribution in [0.25, 0.3) is 0 Å². The second kappa shape index (κ2) is 8.78. The smallest absolute Gasteiger partial charge is 0.225 e. The Hall–Kier alpha value is -2.33. The van der Waals surface area contributed by atoms with Crippen molar-refractivity contribution in [2.24, 2.45) is 5.92 Å². The number of piperidine rings is 1. The molecule has 2 saturated heterocycles. The SMILES string of the molecule is Cc1ccccc1CN1CCC(C(=O)N2CCN(c3ccccc3)CC2)CC1. The van der Waals surface area contributed by atoms with Crippen molar-refractivity contribution in [3.8, 4) is 0 Å². The fraction of sp³-hybridized carbons (Fsp3) is 0.458. The third kappa shape index (κ3) is 4.39. The molecule has 0 N–H and O–H groups in total. The van der Waals surface area contributed by atoms with E-state index in [4.69, 9.17) is 0 Å². The van der Waals surface area contributed by atoms with Crippen molar-refractivity contribution in [3.63, 3.8) is 0 Å². The van der Waals surface area contributed by atoms with Crippen LogP contribution in [0, 0.1) is 12.8 Å². The molecule has 2 aromatic carbocycles. The minimum atomic E-state index is 0.205. The van der Waals surface area contributed by atoms with Crippen molar-refractivity contribution in [2.75, 3.05) is 44.2 Å². The summed E-state index contributed by atoms with van der Waals surface area (Å²) < 4.78 is 0.